The molecule has 254 valence electrons. The van der Waals surface area contributed by atoms with Gasteiger partial charge in [0.15, 0.2) is 6.23 Å². The summed E-state index contributed by atoms with van der Waals surface area (Å²) in [6, 6.07) is 24.1. The third-order valence-corrected chi connectivity index (χ3v) is 9.22. The number of piperidine rings is 1. The number of amides is 2. The lowest BCUT2D eigenvalue weighted by atomic mass is 9.79. The van der Waals surface area contributed by atoms with Crippen LogP contribution in [0.1, 0.15) is 64.4 Å². The summed E-state index contributed by atoms with van der Waals surface area (Å²) in [5.41, 5.74) is 3.88. The zero-order chi connectivity index (χ0) is 34.0. The van der Waals surface area contributed by atoms with Crippen LogP contribution in [0.5, 0.6) is 5.75 Å². The molecule has 2 amide bonds. The Morgan fingerprint density at radius 1 is 0.958 bits per heavy atom. The number of hydrogen-bond donors (Lipinski definition) is 2. The van der Waals surface area contributed by atoms with Crippen molar-refractivity contribution in [1.29, 1.82) is 0 Å². The second-order valence-electron chi connectivity index (χ2n) is 14.0. The predicted octanol–water partition coefficient (Wildman–Crippen LogP) is 6.27. The van der Waals surface area contributed by atoms with Gasteiger partial charge in [-0.05, 0) is 87.3 Å². The number of carboxylic acid groups (broad SMARTS) is 1. The topological polar surface area (TPSA) is 120 Å². The van der Waals surface area contributed by atoms with E-state index in [9.17, 15) is 24.6 Å². The minimum absolute atomic E-state index is 0.0126. The lowest BCUT2D eigenvalue weighted by Crippen LogP contribution is -2.51. The van der Waals surface area contributed by atoms with E-state index in [1.54, 1.807) is 9.80 Å². The Labute approximate surface area is 281 Å². The number of benzene rings is 3. The molecule has 3 atom stereocenters. The van der Waals surface area contributed by atoms with Gasteiger partial charge >= 0.3 is 12.1 Å². The Bertz CT molecular complexity index is 1630. The first-order valence-electron chi connectivity index (χ1n) is 16.9. The fraction of sp³-hybridized carbons (Fsp3) is 0.447. The molecule has 6 rings (SSSR count). The SMILES string of the molecule is CC(C)(C)OC(=O)N1CC[C@H](c2cccc(-c3ccccc3)c2)[C@@H](C(=O)N(c2ccc3c(c2)N(CCCC(=O)O)C(O)CO3)C2CC2)C1. The molecule has 0 spiro atoms. The van der Waals surface area contributed by atoms with Crippen LogP contribution < -0.4 is 14.5 Å². The van der Waals surface area contributed by atoms with Gasteiger partial charge in [-0.2, -0.15) is 0 Å². The van der Waals surface area contributed by atoms with Crippen molar-refractivity contribution in [2.75, 3.05) is 36.0 Å². The number of carbonyl (C=O) groups is 3. The van der Waals surface area contributed by atoms with E-state index in [1.807, 2.05) is 68.1 Å². The van der Waals surface area contributed by atoms with E-state index in [4.69, 9.17) is 9.47 Å². The van der Waals surface area contributed by atoms with Gasteiger partial charge in [-0.3, -0.25) is 9.59 Å². The number of aliphatic hydroxyl groups excluding tert-OH is 1. The molecule has 10 heteroatoms. The molecule has 1 aliphatic carbocycles. The number of anilines is 2. The average molecular weight is 656 g/mol. The molecule has 2 aliphatic heterocycles. The molecule has 0 radical (unpaired) electrons. The Hall–Kier alpha value is -4.57. The second-order valence-corrected chi connectivity index (χ2v) is 14.0. The van der Waals surface area contributed by atoms with Gasteiger partial charge in [0, 0.05) is 37.8 Å². The average Bonchev–Trinajstić information content (AvgIpc) is 3.90. The highest BCUT2D eigenvalue weighted by Gasteiger charge is 2.44. The lowest BCUT2D eigenvalue weighted by molar-refractivity contribution is -0.137. The molecular weight excluding hydrogens is 610 g/mol. The summed E-state index contributed by atoms with van der Waals surface area (Å²) in [5, 5.41) is 20.0. The smallest absolute Gasteiger partial charge is 0.410 e. The molecule has 48 heavy (non-hydrogen) atoms. The van der Waals surface area contributed by atoms with Gasteiger partial charge in [0.05, 0.1) is 11.6 Å². The largest absolute Gasteiger partial charge is 0.487 e. The van der Waals surface area contributed by atoms with Crippen LogP contribution in [0.25, 0.3) is 11.1 Å². The zero-order valence-corrected chi connectivity index (χ0v) is 27.9. The third-order valence-electron chi connectivity index (χ3n) is 9.22. The fourth-order valence-corrected chi connectivity index (χ4v) is 6.79. The fourth-order valence-electron chi connectivity index (χ4n) is 6.79. The minimum Gasteiger partial charge on any atom is -0.487 e. The summed E-state index contributed by atoms with van der Waals surface area (Å²) in [6.07, 6.45) is 1.30. The molecule has 3 aliphatic rings. The number of carbonyl (C=O) groups excluding carboxylic acids is 2. The summed E-state index contributed by atoms with van der Waals surface area (Å²) < 4.78 is 11.6. The maximum absolute atomic E-state index is 14.9. The first kappa shape index (κ1) is 33.3. The van der Waals surface area contributed by atoms with Crippen molar-refractivity contribution in [2.24, 2.45) is 5.92 Å². The van der Waals surface area contributed by atoms with Crippen molar-refractivity contribution in [3.63, 3.8) is 0 Å². The molecule has 2 heterocycles. The highest BCUT2D eigenvalue weighted by molar-refractivity contribution is 5.98. The highest BCUT2D eigenvalue weighted by Crippen LogP contribution is 2.43. The highest BCUT2D eigenvalue weighted by atomic mass is 16.6. The van der Waals surface area contributed by atoms with Crippen LogP contribution in [0.3, 0.4) is 0 Å². The summed E-state index contributed by atoms with van der Waals surface area (Å²) in [4.78, 5) is 44.7. The molecule has 0 aromatic heterocycles. The van der Waals surface area contributed by atoms with E-state index in [0.29, 0.717) is 43.1 Å². The number of rotatable bonds is 9. The molecule has 2 fully saturated rings. The summed E-state index contributed by atoms with van der Waals surface area (Å²) >= 11 is 0. The van der Waals surface area contributed by atoms with Gasteiger partial charge in [0.2, 0.25) is 5.91 Å². The van der Waals surface area contributed by atoms with Crippen molar-refractivity contribution >= 4 is 29.3 Å². The van der Waals surface area contributed by atoms with Gasteiger partial charge in [0.1, 0.15) is 18.0 Å². The van der Waals surface area contributed by atoms with E-state index in [1.165, 1.54) is 0 Å². The number of aliphatic carboxylic acids is 1. The van der Waals surface area contributed by atoms with Crippen molar-refractivity contribution < 1.29 is 34.1 Å². The van der Waals surface area contributed by atoms with E-state index in [0.717, 1.165) is 29.5 Å². The molecule has 1 saturated carbocycles. The number of aliphatic hydroxyl groups is 1. The van der Waals surface area contributed by atoms with Crippen LogP contribution in [0, 0.1) is 5.92 Å². The monoisotopic (exact) mass is 655 g/mol. The Morgan fingerprint density at radius 3 is 2.42 bits per heavy atom. The molecular formula is C38H45N3O7. The Balaban J connectivity index is 1.34. The molecule has 1 saturated heterocycles. The van der Waals surface area contributed by atoms with Crippen LogP contribution in [0.2, 0.25) is 0 Å². The lowest BCUT2D eigenvalue weighted by Gasteiger charge is -2.41. The normalized spacial score (nSPS) is 20.8. The Morgan fingerprint density at radius 2 is 1.71 bits per heavy atom. The van der Waals surface area contributed by atoms with Crippen molar-refractivity contribution in [3.05, 3.63) is 78.4 Å². The number of nitrogens with zero attached hydrogens (tertiary/aromatic N) is 3. The third kappa shape index (κ3) is 7.59. The number of likely N-dealkylation sites (tertiary alicyclic amines) is 1. The van der Waals surface area contributed by atoms with E-state index < -0.39 is 29.8 Å². The van der Waals surface area contributed by atoms with Gasteiger partial charge in [0.25, 0.3) is 0 Å². The van der Waals surface area contributed by atoms with Crippen molar-refractivity contribution in [2.45, 2.75) is 76.7 Å². The molecule has 10 nitrogen and oxygen atoms in total. The Kier molecular flexibility index (Phi) is 9.64. The number of ether oxygens (including phenoxy) is 2. The van der Waals surface area contributed by atoms with Crippen LogP contribution in [0.15, 0.2) is 72.8 Å². The quantitative estimate of drug-likeness (QED) is 0.277. The number of fused-ring (bicyclic) bond motifs is 1. The first-order chi connectivity index (χ1) is 23.0. The van der Waals surface area contributed by atoms with E-state index in [-0.39, 0.29) is 37.4 Å². The van der Waals surface area contributed by atoms with E-state index in [2.05, 4.69) is 30.3 Å². The predicted molar refractivity (Wildman–Crippen MR) is 183 cm³/mol. The minimum atomic E-state index is -0.936. The zero-order valence-electron chi connectivity index (χ0n) is 27.9. The van der Waals surface area contributed by atoms with Crippen LogP contribution in [-0.4, -0.2) is 77.2 Å². The van der Waals surface area contributed by atoms with Crippen molar-refractivity contribution in [3.8, 4) is 16.9 Å². The maximum Gasteiger partial charge on any atom is 0.410 e. The van der Waals surface area contributed by atoms with Gasteiger partial charge in [-0.1, -0.05) is 54.6 Å². The molecule has 3 aromatic rings. The summed E-state index contributed by atoms with van der Waals surface area (Å²) in [7, 11) is 0. The number of hydrogen-bond acceptors (Lipinski definition) is 7. The van der Waals surface area contributed by atoms with Crippen LogP contribution in [0.4, 0.5) is 16.2 Å². The molecule has 1 unspecified atom stereocenters. The molecule has 3 aromatic carbocycles. The van der Waals surface area contributed by atoms with Gasteiger partial charge in [-0.25, -0.2) is 4.79 Å². The molecule has 2 N–H and O–H groups in total. The summed E-state index contributed by atoms with van der Waals surface area (Å²) in [6.45, 7) is 6.62. The number of carboxylic acids is 1. The van der Waals surface area contributed by atoms with E-state index >= 15 is 0 Å². The maximum atomic E-state index is 14.9. The molecule has 0 bridgehead atoms. The van der Waals surface area contributed by atoms with Gasteiger partial charge < -0.3 is 34.4 Å². The van der Waals surface area contributed by atoms with Crippen LogP contribution in [-0.2, 0) is 14.3 Å². The van der Waals surface area contributed by atoms with Crippen LogP contribution >= 0.6 is 0 Å². The summed E-state index contributed by atoms with van der Waals surface area (Å²) in [5.74, 6) is -1.03. The first-order valence-corrected chi connectivity index (χ1v) is 16.9. The second kappa shape index (κ2) is 13.9. The van der Waals surface area contributed by atoms with Gasteiger partial charge in [-0.15, -0.1) is 0 Å². The van der Waals surface area contributed by atoms with Crippen molar-refractivity contribution in [1.82, 2.24) is 4.90 Å². The standard InChI is InChI=1S/C38H45N3O7/c1-38(2,3)48-37(46)39-20-18-30(27-12-7-11-26(21-27)25-9-5-4-6-10-25)31(23-39)36(45)41(28-14-15-28)29-16-17-33-32(22-29)40(34(42)24-47-33)19-8-13-35(43)44/h4-7,9-12,16-17,21-22,28,30-31,34,42H,8,13-15,18-20,23-24H2,1-3H3,(H,43,44)/t30-,31+,34?/m1/s1.